The molecule has 0 bridgehead atoms. The van der Waals surface area contributed by atoms with Crippen LogP contribution in [0.5, 0.6) is 11.9 Å². The molecule has 1 rings (SSSR count). The summed E-state index contributed by atoms with van der Waals surface area (Å²) in [6.07, 6.45) is 1.91. The number of ether oxygens (including phenoxy) is 1. The van der Waals surface area contributed by atoms with Crippen molar-refractivity contribution in [2.24, 2.45) is 0 Å². The molecule has 0 aliphatic carbocycles. The maximum atomic E-state index is 9.20. The number of nitrogens with two attached hydrogens (primary N) is 2. The number of hydrogen-bond acceptors (Lipinski definition) is 6. The summed E-state index contributed by atoms with van der Waals surface area (Å²) in [5, 5.41) is 9.20. The van der Waals surface area contributed by atoms with Crippen LogP contribution in [0.1, 0.15) is 19.8 Å². The highest BCUT2D eigenvalue weighted by molar-refractivity contribution is 5.64. The van der Waals surface area contributed by atoms with Crippen LogP contribution < -0.4 is 16.2 Å². The van der Waals surface area contributed by atoms with E-state index in [0.717, 1.165) is 12.8 Å². The molecule has 0 saturated carbocycles. The Bertz CT molecular complexity index is 293. The van der Waals surface area contributed by atoms with Crippen LogP contribution in [-0.2, 0) is 0 Å². The molecule has 6 heteroatoms. The zero-order valence-corrected chi connectivity index (χ0v) is 8.03. The molecule has 0 spiro atoms. The van der Waals surface area contributed by atoms with Crippen LogP contribution in [0.3, 0.4) is 0 Å². The van der Waals surface area contributed by atoms with Gasteiger partial charge in [0.05, 0.1) is 6.61 Å². The first kappa shape index (κ1) is 10.4. The quantitative estimate of drug-likeness (QED) is 0.609. The zero-order chi connectivity index (χ0) is 10.6. The fraction of sp³-hybridized carbons (Fsp3) is 0.500. The molecule has 1 aromatic heterocycles. The second kappa shape index (κ2) is 4.50. The fourth-order valence-corrected chi connectivity index (χ4v) is 0.826. The molecule has 0 saturated heterocycles. The minimum Gasteiger partial charge on any atom is -0.492 e. The molecule has 1 aromatic rings. The number of aromatic nitrogens is 2. The van der Waals surface area contributed by atoms with Crippen LogP contribution in [0, 0.1) is 0 Å². The van der Waals surface area contributed by atoms with Crippen molar-refractivity contribution in [2.45, 2.75) is 19.8 Å². The molecule has 0 radical (unpaired) electrons. The van der Waals surface area contributed by atoms with E-state index in [1.54, 1.807) is 0 Å². The lowest BCUT2D eigenvalue weighted by Crippen LogP contribution is -2.05. The number of unbranched alkanes of at least 4 members (excludes halogenated alkanes) is 1. The van der Waals surface area contributed by atoms with Gasteiger partial charge in [-0.3, -0.25) is 0 Å². The second-order valence-electron chi connectivity index (χ2n) is 2.83. The average Bonchev–Trinajstić information content (AvgIpc) is 2.14. The Kier molecular flexibility index (Phi) is 3.33. The molecular formula is C8H14N4O2. The molecule has 0 aliphatic heterocycles. The van der Waals surface area contributed by atoms with Gasteiger partial charge in [0.15, 0.2) is 5.82 Å². The van der Waals surface area contributed by atoms with E-state index in [2.05, 4.69) is 9.97 Å². The summed E-state index contributed by atoms with van der Waals surface area (Å²) in [6, 6.07) is 0.0580. The third-order valence-electron chi connectivity index (χ3n) is 1.66. The minimum absolute atomic E-state index is 0.0205. The molecule has 0 aliphatic rings. The summed E-state index contributed by atoms with van der Waals surface area (Å²) in [7, 11) is 0. The van der Waals surface area contributed by atoms with Crippen LogP contribution >= 0.6 is 0 Å². The monoisotopic (exact) mass is 198 g/mol. The van der Waals surface area contributed by atoms with Crippen molar-refractivity contribution in [1.82, 2.24) is 9.97 Å². The van der Waals surface area contributed by atoms with Gasteiger partial charge < -0.3 is 21.3 Å². The van der Waals surface area contributed by atoms with Crippen molar-refractivity contribution in [2.75, 3.05) is 18.1 Å². The summed E-state index contributed by atoms with van der Waals surface area (Å²) in [6.45, 7) is 2.54. The minimum atomic E-state index is -0.344. The normalized spacial score (nSPS) is 10.1. The van der Waals surface area contributed by atoms with Crippen molar-refractivity contribution in [1.29, 1.82) is 0 Å². The van der Waals surface area contributed by atoms with E-state index in [1.165, 1.54) is 0 Å². The Morgan fingerprint density at radius 1 is 1.36 bits per heavy atom. The van der Waals surface area contributed by atoms with Crippen molar-refractivity contribution in [3.05, 3.63) is 0 Å². The van der Waals surface area contributed by atoms with Gasteiger partial charge in [0.25, 0.3) is 0 Å². The Hall–Kier alpha value is -1.72. The number of anilines is 2. The van der Waals surface area contributed by atoms with E-state index >= 15 is 0 Å². The van der Waals surface area contributed by atoms with Crippen molar-refractivity contribution in [3.8, 4) is 11.9 Å². The topological polar surface area (TPSA) is 107 Å². The first-order valence-corrected chi connectivity index (χ1v) is 4.40. The Labute approximate surface area is 81.9 Å². The predicted octanol–water partition coefficient (Wildman–Crippen LogP) is 0.525. The Balaban J connectivity index is 2.69. The van der Waals surface area contributed by atoms with Gasteiger partial charge in [-0.1, -0.05) is 13.3 Å². The van der Waals surface area contributed by atoms with Crippen LogP contribution in [0.2, 0.25) is 0 Å². The third kappa shape index (κ3) is 2.38. The van der Waals surface area contributed by atoms with E-state index in [9.17, 15) is 5.11 Å². The Morgan fingerprint density at radius 2 is 2.07 bits per heavy atom. The summed E-state index contributed by atoms with van der Waals surface area (Å²) >= 11 is 0. The van der Waals surface area contributed by atoms with Crippen molar-refractivity contribution >= 4 is 11.5 Å². The molecule has 78 valence electrons. The van der Waals surface area contributed by atoms with E-state index in [1.807, 2.05) is 6.92 Å². The number of nitrogen functional groups attached to an aromatic ring is 2. The van der Waals surface area contributed by atoms with Crippen LogP contribution in [0.15, 0.2) is 0 Å². The van der Waals surface area contributed by atoms with Gasteiger partial charge in [0.1, 0.15) is 5.69 Å². The third-order valence-corrected chi connectivity index (χ3v) is 1.66. The molecule has 0 amide bonds. The first-order valence-electron chi connectivity index (χ1n) is 4.40. The molecular weight excluding hydrogens is 184 g/mol. The van der Waals surface area contributed by atoms with E-state index in [-0.39, 0.29) is 23.4 Å². The lowest BCUT2D eigenvalue weighted by atomic mass is 10.4. The molecule has 5 N–H and O–H groups in total. The number of nitrogens with zero attached hydrogens (tertiary/aromatic N) is 2. The summed E-state index contributed by atoms with van der Waals surface area (Å²) in [5.41, 5.74) is 10.7. The molecule has 0 unspecified atom stereocenters. The molecule has 0 aromatic carbocycles. The standard InChI is InChI=1S/C8H14N4O2/c1-2-3-4-14-8-11-6(10)5(9)7(13)12-8/h2-4,9H2,1H3,(H3,10,11,12,13). The number of hydrogen-bond donors (Lipinski definition) is 3. The fourth-order valence-electron chi connectivity index (χ4n) is 0.826. The number of aromatic hydroxyl groups is 1. The van der Waals surface area contributed by atoms with Gasteiger partial charge in [-0.25, -0.2) is 0 Å². The maximum absolute atomic E-state index is 9.20. The van der Waals surface area contributed by atoms with Gasteiger partial charge >= 0.3 is 6.01 Å². The molecule has 1 heterocycles. The maximum Gasteiger partial charge on any atom is 0.321 e. The SMILES string of the molecule is CCCCOc1nc(N)c(N)c(O)n1. The zero-order valence-electron chi connectivity index (χ0n) is 8.03. The van der Waals surface area contributed by atoms with Crippen LogP contribution in [0.25, 0.3) is 0 Å². The lowest BCUT2D eigenvalue weighted by Gasteiger charge is -2.06. The summed E-state index contributed by atoms with van der Waals surface area (Å²) < 4.78 is 5.15. The highest BCUT2D eigenvalue weighted by Crippen LogP contribution is 2.24. The highest BCUT2D eigenvalue weighted by atomic mass is 16.5. The van der Waals surface area contributed by atoms with Crippen molar-refractivity contribution in [3.63, 3.8) is 0 Å². The average molecular weight is 198 g/mol. The Morgan fingerprint density at radius 3 is 2.64 bits per heavy atom. The van der Waals surface area contributed by atoms with Gasteiger partial charge in [-0.15, -0.1) is 0 Å². The van der Waals surface area contributed by atoms with E-state index < -0.39 is 0 Å². The molecule has 6 nitrogen and oxygen atoms in total. The highest BCUT2D eigenvalue weighted by Gasteiger charge is 2.08. The van der Waals surface area contributed by atoms with Gasteiger partial charge in [0.2, 0.25) is 5.88 Å². The van der Waals surface area contributed by atoms with Gasteiger partial charge in [0, 0.05) is 0 Å². The number of rotatable bonds is 4. The van der Waals surface area contributed by atoms with Crippen molar-refractivity contribution < 1.29 is 9.84 Å². The summed E-state index contributed by atoms with van der Waals surface area (Å²) in [4.78, 5) is 7.39. The second-order valence-corrected chi connectivity index (χ2v) is 2.83. The molecule has 14 heavy (non-hydrogen) atoms. The molecule has 0 atom stereocenters. The predicted molar refractivity (Wildman–Crippen MR) is 52.9 cm³/mol. The lowest BCUT2D eigenvalue weighted by molar-refractivity contribution is 0.281. The molecule has 0 fully saturated rings. The van der Waals surface area contributed by atoms with Crippen LogP contribution in [0.4, 0.5) is 11.5 Å². The largest absolute Gasteiger partial charge is 0.492 e. The smallest absolute Gasteiger partial charge is 0.321 e. The van der Waals surface area contributed by atoms with E-state index in [0.29, 0.717) is 6.61 Å². The van der Waals surface area contributed by atoms with Gasteiger partial charge in [-0.2, -0.15) is 9.97 Å². The summed E-state index contributed by atoms with van der Waals surface area (Å²) in [5.74, 6) is -0.312. The first-order chi connectivity index (χ1) is 6.65. The van der Waals surface area contributed by atoms with Crippen LogP contribution in [-0.4, -0.2) is 21.7 Å². The van der Waals surface area contributed by atoms with E-state index in [4.69, 9.17) is 16.2 Å². The van der Waals surface area contributed by atoms with Gasteiger partial charge in [-0.05, 0) is 6.42 Å².